The minimum absolute atomic E-state index is 0.0500. The van der Waals surface area contributed by atoms with Crippen molar-refractivity contribution in [3.05, 3.63) is 122 Å². The van der Waals surface area contributed by atoms with Crippen molar-refractivity contribution in [2.24, 2.45) is 5.73 Å². The molecular formula is C85H150NO8P. The van der Waals surface area contributed by atoms with E-state index in [0.29, 0.717) is 6.42 Å². The fourth-order valence-electron chi connectivity index (χ4n) is 11.5. The van der Waals surface area contributed by atoms with E-state index in [1.165, 1.54) is 238 Å². The quantitative estimate of drug-likeness (QED) is 0.0264. The van der Waals surface area contributed by atoms with Crippen LogP contribution in [-0.2, 0) is 32.7 Å². The van der Waals surface area contributed by atoms with Crippen molar-refractivity contribution in [3.8, 4) is 0 Å². The predicted molar refractivity (Wildman–Crippen MR) is 413 cm³/mol. The van der Waals surface area contributed by atoms with Crippen LogP contribution in [0.1, 0.15) is 373 Å². The van der Waals surface area contributed by atoms with Gasteiger partial charge in [-0.2, -0.15) is 0 Å². The molecular weight excluding hydrogens is 1190 g/mol. The van der Waals surface area contributed by atoms with Gasteiger partial charge in [0.25, 0.3) is 0 Å². The van der Waals surface area contributed by atoms with Crippen LogP contribution in [0.5, 0.6) is 0 Å². The second-order valence-corrected chi connectivity index (χ2v) is 28.0. The summed E-state index contributed by atoms with van der Waals surface area (Å²) >= 11 is 0. The Balaban J connectivity index is 3.80. The highest BCUT2D eigenvalue weighted by Crippen LogP contribution is 2.43. The van der Waals surface area contributed by atoms with E-state index in [9.17, 15) is 19.0 Å². The second-order valence-electron chi connectivity index (χ2n) is 26.6. The van der Waals surface area contributed by atoms with E-state index >= 15 is 0 Å². The Morgan fingerprint density at radius 2 is 0.579 bits per heavy atom. The molecule has 3 N–H and O–H groups in total. The first-order chi connectivity index (χ1) is 46.8. The summed E-state index contributed by atoms with van der Waals surface area (Å²) in [6.07, 6.45) is 112. The maximum absolute atomic E-state index is 12.8. The standard InChI is InChI=1S/C85H150NO8P/c1-3-5-7-9-11-13-15-17-19-21-23-25-27-29-31-33-35-37-38-39-40-41-42-43-44-46-47-49-51-53-55-57-59-61-63-65-67-69-71-73-75-77-84(87)91-81-83(82-93-95(89,90)92-80-79-86)94-85(88)78-76-74-72-70-68-66-64-62-60-58-56-54-52-50-48-45-36-34-32-30-28-26-24-22-20-18-16-14-12-10-8-6-4-2/h6,8,12,14-15,17-18,20-21,23-24,26-27,29-30,32,36,45,50,52,83H,3-5,7,9-11,13,16,19,22,25,28,31,33-35,37-44,46-49,51,53-82,86H2,1-2H3,(H,89,90)/b8-6-,14-12-,17-15-,20-18-,23-21-,26-24-,29-27-,32-30-,45-36-,52-50-. The molecule has 2 atom stereocenters. The lowest BCUT2D eigenvalue weighted by molar-refractivity contribution is -0.161. The summed E-state index contributed by atoms with van der Waals surface area (Å²) in [6.45, 7) is 3.65. The molecule has 0 amide bonds. The first kappa shape index (κ1) is 91.4. The number of allylic oxidation sites excluding steroid dienone is 20. The zero-order valence-corrected chi connectivity index (χ0v) is 62.8. The van der Waals surface area contributed by atoms with Crippen molar-refractivity contribution >= 4 is 19.8 Å². The van der Waals surface area contributed by atoms with Gasteiger partial charge in [0.15, 0.2) is 6.10 Å². The molecule has 2 unspecified atom stereocenters. The molecule has 0 aliphatic heterocycles. The summed E-state index contributed by atoms with van der Waals surface area (Å²) in [7, 11) is -4.40. The van der Waals surface area contributed by atoms with Crippen molar-refractivity contribution in [1.82, 2.24) is 0 Å². The van der Waals surface area contributed by atoms with Gasteiger partial charge in [0, 0.05) is 19.4 Å². The van der Waals surface area contributed by atoms with Crippen molar-refractivity contribution in [3.63, 3.8) is 0 Å². The zero-order valence-electron chi connectivity index (χ0n) is 61.9. The van der Waals surface area contributed by atoms with E-state index in [1.54, 1.807) is 0 Å². The van der Waals surface area contributed by atoms with E-state index in [1.807, 2.05) is 0 Å². The van der Waals surface area contributed by atoms with Crippen LogP contribution < -0.4 is 5.73 Å². The second kappa shape index (κ2) is 79.4. The first-order valence-corrected chi connectivity index (χ1v) is 41.5. The monoisotopic (exact) mass is 1340 g/mol. The number of hydrogen-bond donors (Lipinski definition) is 2. The highest BCUT2D eigenvalue weighted by atomic mass is 31.2. The fourth-order valence-corrected chi connectivity index (χ4v) is 12.2. The average molecular weight is 1350 g/mol. The average Bonchev–Trinajstić information content (AvgIpc) is 3.25. The topological polar surface area (TPSA) is 134 Å². The maximum Gasteiger partial charge on any atom is 0.472 e. The van der Waals surface area contributed by atoms with Crippen LogP contribution in [0.15, 0.2) is 122 Å². The van der Waals surface area contributed by atoms with E-state index in [2.05, 4.69) is 135 Å². The Hall–Kier alpha value is -3.59. The first-order valence-electron chi connectivity index (χ1n) is 40.0. The van der Waals surface area contributed by atoms with Gasteiger partial charge in [-0.1, -0.05) is 373 Å². The van der Waals surface area contributed by atoms with E-state index < -0.39 is 26.5 Å². The Morgan fingerprint density at radius 1 is 0.326 bits per heavy atom. The molecule has 10 heteroatoms. The van der Waals surface area contributed by atoms with Crippen molar-refractivity contribution < 1.29 is 37.6 Å². The molecule has 0 spiro atoms. The number of carbonyl (C=O) groups excluding carboxylic acids is 2. The lowest BCUT2D eigenvalue weighted by Gasteiger charge is -2.19. The van der Waals surface area contributed by atoms with Crippen LogP contribution in [0.2, 0.25) is 0 Å². The number of rotatable bonds is 75. The molecule has 0 saturated carbocycles. The summed E-state index contributed by atoms with van der Waals surface area (Å²) in [5, 5.41) is 0. The van der Waals surface area contributed by atoms with Crippen LogP contribution in [-0.4, -0.2) is 49.3 Å². The molecule has 0 aliphatic rings. The fraction of sp³-hybridized carbons (Fsp3) is 0.741. The third-order valence-electron chi connectivity index (χ3n) is 17.3. The van der Waals surface area contributed by atoms with Gasteiger partial charge in [0.1, 0.15) is 6.61 Å². The van der Waals surface area contributed by atoms with Crippen LogP contribution in [0.4, 0.5) is 0 Å². The van der Waals surface area contributed by atoms with Crippen LogP contribution in [0.25, 0.3) is 0 Å². The summed E-state index contributed by atoms with van der Waals surface area (Å²) in [6, 6.07) is 0. The molecule has 0 radical (unpaired) electrons. The van der Waals surface area contributed by atoms with Crippen LogP contribution >= 0.6 is 7.82 Å². The Bertz CT molecular complexity index is 1980. The van der Waals surface area contributed by atoms with Crippen molar-refractivity contribution in [1.29, 1.82) is 0 Å². The summed E-state index contributed by atoms with van der Waals surface area (Å²) in [5.41, 5.74) is 5.41. The maximum atomic E-state index is 12.8. The molecule has 548 valence electrons. The molecule has 0 rings (SSSR count). The predicted octanol–water partition coefficient (Wildman–Crippen LogP) is 27.0. The minimum Gasteiger partial charge on any atom is -0.462 e. The molecule has 0 aliphatic carbocycles. The largest absolute Gasteiger partial charge is 0.472 e. The molecule has 0 saturated heterocycles. The Morgan fingerprint density at radius 3 is 0.863 bits per heavy atom. The molecule has 95 heavy (non-hydrogen) atoms. The molecule has 9 nitrogen and oxygen atoms in total. The summed E-state index contributed by atoms with van der Waals surface area (Å²) in [5.74, 6) is -0.821. The Kier molecular flexibility index (Phi) is 76.4. The van der Waals surface area contributed by atoms with Crippen molar-refractivity contribution in [2.75, 3.05) is 26.4 Å². The van der Waals surface area contributed by atoms with Gasteiger partial charge in [-0.3, -0.25) is 18.6 Å². The number of phosphoric ester groups is 1. The third-order valence-corrected chi connectivity index (χ3v) is 18.3. The smallest absolute Gasteiger partial charge is 0.462 e. The molecule has 0 aromatic heterocycles. The molecule has 0 heterocycles. The van der Waals surface area contributed by atoms with Gasteiger partial charge < -0.3 is 20.1 Å². The van der Waals surface area contributed by atoms with Gasteiger partial charge in [-0.15, -0.1) is 0 Å². The number of esters is 2. The molecule has 0 aromatic carbocycles. The highest BCUT2D eigenvalue weighted by Gasteiger charge is 2.26. The van der Waals surface area contributed by atoms with E-state index in [0.717, 1.165) is 103 Å². The number of carbonyl (C=O) groups is 2. The van der Waals surface area contributed by atoms with Gasteiger partial charge in [0.05, 0.1) is 13.2 Å². The third kappa shape index (κ3) is 79.3. The lowest BCUT2D eigenvalue weighted by Crippen LogP contribution is -2.29. The summed E-state index contributed by atoms with van der Waals surface area (Å²) in [4.78, 5) is 35.5. The molecule has 0 aromatic rings. The van der Waals surface area contributed by atoms with E-state index in [-0.39, 0.29) is 38.6 Å². The number of phosphoric acid groups is 1. The number of hydrogen-bond acceptors (Lipinski definition) is 8. The van der Waals surface area contributed by atoms with Gasteiger partial charge in [0.2, 0.25) is 0 Å². The number of ether oxygens (including phenoxy) is 2. The van der Waals surface area contributed by atoms with Gasteiger partial charge >= 0.3 is 19.8 Å². The SMILES string of the molecule is CC/C=C\C/C=C\C/C=C\C/C=C\C/C=C\C/C=C\C/C=C\CCCCCCCCCCCCCC(=O)OC(COC(=O)CCCCCCCCCCCCCCCCCCCCCCCCCCCC/C=C\C/C=C\C/C=C\CCCCCCC)COP(=O)(O)OCCN. The number of nitrogens with two attached hydrogens (primary N) is 1. The van der Waals surface area contributed by atoms with Crippen LogP contribution in [0, 0.1) is 0 Å². The van der Waals surface area contributed by atoms with Crippen LogP contribution in [0.3, 0.4) is 0 Å². The minimum atomic E-state index is -4.40. The number of unbranched alkanes of at least 4 members (excludes halogenated alkanes) is 42. The zero-order chi connectivity index (χ0) is 68.6. The van der Waals surface area contributed by atoms with Gasteiger partial charge in [-0.25, -0.2) is 4.57 Å². The lowest BCUT2D eigenvalue weighted by atomic mass is 10.0. The summed E-state index contributed by atoms with van der Waals surface area (Å²) < 4.78 is 33.3. The normalized spacial score (nSPS) is 13.5. The Labute approximate surface area is 587 Å². The van der Waals surface area contributed by atoms with E-state index in [4.69, 9.17) is 24.3 Å². The molecule has 0 fully saturated rings. The van der Waals surface area contributed by atoms with Gasteiger partial charge in [-0.05, 0) is 109 Å². The van der Waals surface area contributed by atoms with Crippen molar-refractivity contribution in [2.45, 2.75) is 380 Å². The molecule has 0 bridgehead atoms. The highest BCUT2D eigenvalue weighted by molar-refractivity contribution is 7.47.